The highest BCUT2D eigenvalue weighted by Crippen LogP contribution is 2.25. The minimum absolute atomic E-state index is 0.0900. The Labute approximate surface area is 141 Å². The Kier molecular flexibility index (Phi) is 4.11. The van der Waals surface area contributed by atoms with Crippen molar-refractivity contribution < 1.29 is 4.39 Å². The predicted octanol–water partition coefficient (Wildman–Crippen LogP) is 4.46. The highest BCUT2D eigenvalue weighted by atomic mass is 127. The second-order valence-electron chi connectivity index (χ2n) is 5.07. The minimum atomic E-state index is -0.345. The fraction of sp³-hybridized carbons (Fsp3) is 0.0556. The van der Waals surface area contributed by atoms with Gasteiger partial charge in [-0.3, -0.25) is 4.79 Å². The van der Waals surface area contributed by atoms with Gasteiger partial charge in [0, 0.05) is 39.7 Å². The molecule has 4 heteroatoms. The van der Waals surface area contributed by atoms with Gasteiger partial charge in [0.25, 0.3) is 0 Å². The van der Waals surface area contributed by atoms with E-state index in [9.17, 15) is 9.18 Å². The molecule has 1 aromatic heterocycles. The van der Waals surface area contributed by atoms with E-state index < -0.39 is 0 Å². The average Bonchev–Trinajstić information content (AvgIpc) is 2.52. The molecule has 0 bridgehead atoms. The van der Waals surface area contributed by atoms with Crippen LogP contribution in [0.4, 0.5) is 4.39 Å². The molecule has 0 radical (unpaired) electrons. The van der Waals surface area contributed by atoms with Crippen molar-refractivity contribution >= 4 is 22.6 Å². The summed E-state index contributed by atoms with van der Waals surface area (Å²) in [5, 5.41) is 0. The van der Waals surface area contributed by atoms with E-state index in [2.05, 4.69) is 22.6 Å². The molecule has 0 atom stereocenters. The van der Waals surface area contributed by atoms with Crippen LogP contribution < -0.4 is 5.43 Å². The quantitative estimate of drug-likeness (QED) is 0.577. The summed E-state index contributed by atoms with van der Waals surface area (Å²) < 4.78 is 16.3. The zero-order valence-corrected chi connectivity index (χ0v) is 14.0. The lowest BCUT2D eigenvalue weighted by Gasteiger charge is -2.10. The van der Waals surface area contributed by atoms with Crippen molar-refractivity contribution in [1.82, 2.24) is 4.57 Å². The number of nitrogens with zero attached hydrogens (tertiary/aromatic N) is 1. The van der Waals surface area contributed by atoms with Gasteiger partial charge < -0.3 is 4.57 Å². The van der Waals surface area contributed by atoms with Crippen LogP contribution in [0.25, 0.3) is 22.3 Å². The Morgan fingerprint density at radius 1 is 0.955 bits per heavy atom. The van der Waals surface area contributed by atoms with Crippen LogP contribution in [0.1, 0.15) is 0 Å². The smallest absolute Gasteiger partial charge is 0.197 e. The van der Waals surface area contributed by atoms with Crippen molar-refractivity contribution in [2.75, 3.05) is 0 Å². The molecule has 0 saturated heterocycles. The summed E-state index contributed by atoms with van der Waals surface area (Å²) in [5.74, 6) is -0.345. The fourth-order valence-electron chi connectivity index (χ4n) is 2.43. The topological polar surface area (TPSA) is 22.0 Å². The number of pyridine rings is 1. The Balaban J connectivity index is 2.29. The van der Waals surface area contributed by atoms with Gasteiger partial charge in [-0.05, 0) is 46.4 Å². The van der Waals surface area contributed by atoms with Crippen LogP contribution in [0.15, 0.2) is 65.7 Å². The number of hydrogen-bond acceptors (Lipinski definition) is 1. The molecule has 2 nitrogen and oxygen atoms in total. The Morgan fingerprint density at radius 3 is 2.36 bits per heavy atom. The fourth-order valence-corrected chi connectivity index (χ4v) is 3.05. The summed E-state index contributed by atoms with van der Waals surface area (Å²) in [6, 6.07) is 14.0. The van der Waals surface area contributed by atoms with Gasteiger partial charge in [-0.2, -0.15) is 0 Å². The molecule has 0 spiro atoms. The summed E-state index contributed by atoms with van der Waals surface area (Å²) in [5.41, 5.74) is 2.51. The number of aryl methyl sites for hydroxylation is 1. The monoisotopic (exact) mass is 405 g/mol. The first kappa shape index (κ1) is 15.0. The predicted molar refractivity (Wildman–Crippen MR) is 95.2 cm³/mol. The molecule has 2 aromatic carbocycles. The van der Waals surface area contributed by atoms with Crippen LogP contribution in [0.5, 0.6) is 0 Å². The zero-order valence-electron chi connectivity index (χ0n) is 11.9. The standard InChI is InChI=1S/C18H13FINO/c1-21-10-15(12-5-3-2-4-6-12)18(22)16(11-21)14-9-13(19)7-8-17(14)20/h2-11H,1H3. The summed E-state index contributed by atoms with van der Waals surface area (Å²) in [6.45, 7) is 0. The molecule has 0 N–H and O–H groups in total. The molecule has 110 valence electrons. The summed E-state index contributed by atoms with van der Waals surface area (Å²) >= 11 is 2.12. The first-order valence-electron chi connectivity index (χ1n) is 6.77. The van der Waals surface area contributed by atoms with Gasteiger partial charge >= 0.3 is 0 Å². The molecule has 0 aliphatic heterocycles. The van der Waals surface area contributed by atoms with Gasteiger partial charge in [-0.25, -0.2) is 4.39 Å². The highest BCUT2D eigenvalue weighted by Gasteiger charge is 2.13. The van der Waals surface area contributed by atoms with E-state index in [1.807, 2.05) is 41.9 Å². The van der Waals surface area contributed by atoms with Gasteiger partial charge in [0.1, 0.15) is 5.82 Å². The molecule has 3 aromatic rings. The molecule has 1 heterocycles. The van der Waals surface area contributed by atoms with Crippen molar-refractivity contribution in [3.05, 3.63) is 80.5 Å². The summed E-state index contributed by atoms with van der Waals surface area (Å²) in [6.07, 6.45) is 3.54. The van der Waals surface area contributed by atoms with Gasteiger partial charge in [-0.15, -0.1) is 0 Å². The Bertz CT molecular complexity index is 887. The van der Waals surface area contributed by atoms with Gasteiger partial charge in [-0.1, -0.05) is 30.3 Å². The van der Waals surface area contributed by atoms with Crippen molar-refractivity contribution in [3.8, 4) is 22.3 Å². The molecule has 0 fully saturated rings. The van der Waals surface area contributed by atoms with Crippen LogP contribution >= 0.6 is 22.6 Å². The average molecular weight is 405 g/mol. The second-order valence-corrected chi connectivity index (χ2v) is 6.23. The minimum Gasteiger partial charge on any atom is -0.356 e. The van der Waals surface area contributed by atoms with E-state index in [0.29, 0.717) is 16.7 Å². The molecule has 0 aliphatic carbocycles. The first-order valence-corrected chi connectivity index (χ1v) is 7.85. The van der Waals surface area contributed by atoms with E-state index in [-0.39, 0.29) is 11.2 Å². The third kappa shape index (κ3) is 2.83. The third-order valence-corrected chi connectivity index (χ3v) is 4.40. The van der Waals surface area contributed by atoms with E-state index in [1.54, 1.807) is 18.5 Å². The maximum atomic E-state index is 13.6. The molecule has 0 saturated carbocycles. The van der Waals surface area contributed by atoms with Crippen LogP contribution in [0.2, 0.25) is 0 Å². The van der Waals surface area contributed by atoms with Gasteiger partial charge in [0.2, 0.25) is 0 Å². The van der Waals surface area contributed by atoms with Crippen molar-refractivity contribution in [1.29, 1.82) is 0 Å². The summed E-state index contributed by atoms with van der Waals surface area (Å²) in [7, 11) is 1.86. The molecular weight excluding hydrogens is 392 g/mol. The first-order chi connectivity index (χ1) is 10.6. The molecule has 0 unspecified atom stereocenters. The SMILES string of the molecule is Cn1cc(-c2ccccc2)c(=O)c(-c2cc(F)ccc2I)c1. The number of aromatic nitrogens is 1. The lowest BCUT2D eigenvalue weighted by molar-refractivity contribution is 0.628. The molecular formula is C18H13FINO. The Hall–Kier alpha value is -1.95. The molecule has 22 heavy (non-hydrogen) atoms. The zero-order chi connectivity index (χ0) is 15.7. The van der Waals surface area contributed by atoms with Crippen LogP contribution in [0, 0.1) is 9.39 Å². The third-order valence-electron chi connectivity index (χ3n) is 3.46. The number of hydrogen-bond donors (Lipinski definition) is 0. The largest absolute Gasteiger partial charge is 0.356 e. The van der Waals surface area contributed by atoms with Crippen molar-refractivity contribution in [2.24, 2.45) is 7.05 Å². The molecule has 0 aliphatic rings. The normalized spacial score (nSPS) is 10.7. The van der Waals surface area contributed by atoms with Crippen LogP contribution in [-0.2, 0) is 7.05 Å². The maximum Gasteiger partial charge on any atom is 0.197 e. The molecule has 3 rings (SSSR count). The van der Waals surface area contributed by atoms with Crippen molar-refractivity contribution in [2.45, 2.75) is 0 Å². The Morgan fingerprint density at radius 2 is 1.64 bits per heavy atom. The van der Waals surface area contributed by atoms with Gasteiger partial charge in [0.05, 0.1) is 0 Å². The number of rotatable bonds is 2. The number of halogens is 2. The maximum absolute atomic E-state index is 13.6. The van der Waals surface area contributed by atoms with Crippen LogP contribution in [-0.4, -0.2) is 4.57 Å². The highest BCUT2D eigenvalue weighted by molar-refractivity contribution is 14.1. The van der Waals surface area contributed by atoms with E-state index in [4.69, 9.17) is 0 Å². The van der Waals surface area contributed by atoms with Gasteiger partial charge in [0.15, 0.2) is 5.43 Å². The second kappa shape index (κ2) is 6.04. The lowest BCUT2D eigenvalue weighted by atomic mass is 10.0. The van der Waals surface area contributed by atoms with Crippen LogP contribution in [0.3, 0.4) is 0 Å². The lowest BCUT2D eigenvalue weighted by Crippen LogP contribution is -2.12. The van der Waals surface area contributed by atoms with Crippen molar-refractivity contribution in [3.63, 3.8) is 0 Å². The van der Waals surface area contributed by atoms with E-state index in [0.717, 1.165) is 9.13 Å². The summed E-state index contributed by atoms with van der Waals surface area (Å²) in [4.78, 5) is 12.8. The number of benzene rings is 2. The van der Waals surface area contributed by atoms with E-state index in [1.165, 1.54) is 12.1 Å². The van der Waals surface area contributed by atoms with E-state index >= 15 is 0 Å². The molecule has 0 amide bonds.